The molecule has 5 heteroatoms. The summed E-state index contributed by atoms with van der Waals surface area (Å²) >= 11 is 6.14. The van der Waals surface area contributed by atoms with E-state index in [9.17, 15) is 0 Å². The number of ether oxygens (including phenoxy) is 1. The maximum absolute atomic E-state index is 8.68. The second-order valence-electron chi connectivity index (χ2n) is 5.24. The summed E-state index contributed by atoms with van der Waals surface area (Å²) in [6, 6.07) is 5.27. The Hall–Kier alpha value is -1.42. The van der Waals surface area contributed by atoms with Crippen molar-refractivity contribution in [1.29, 1.82) is 0 Å². The van der Waals surface area contributed by atoms with E-state index in [1.54, 1.807) is 12.1 Å². The van der Waals surface area contributed by atoms with Crippen molar-refractivity contribution in [1.82, 2.24) is 0 Å². The van der Waals surface area contributed by atoms with Crippen molar-refractivity contribution in [2.75, 3.05) is 0 Å². The van der Waals surface area contributed by atoms with Crippen LogP contribution < -0.4 is 10.5 Å². The fourth-order valence-corrected chi connectivity index (χ4v) is 3.07. The molecule has 0 spiro atoms. The second-order valence-corrected chi connectivity index (χ2v) is 5.64. The molecule has 0 radical (unpaired) electrons. The van der Waals surface area contributed by atoms with Crippen LogP contribution in [-0.2, 0) is 0 Å². The molecule has 1 aliphatic rings. The Bertz CT molecular complexity index is 491. The van der Waals surface area contributed by atoms with Crippen molar-refractivity contribution in [3.05, 3.63) is 28.8 Å². The van der Waals surface area contributed by atoms with Gasteiger partial charge in [-0.3, -0.25) is 0 Å². The fourth-order valence-electron chi connectivity index (χ4n) is 2.80. The fraction of sp³-hybridized carbons (Fsp3) is 0.533. The van der Waals surface area contributed by atoms with Crippen LogP contribution in [0.15, 0.2) is 23.4 Å². The van der Waals surface area contributed by atoms with Gasteiger partial charge in [0.2, 0.25) is 0 Å². The molecule has 2 rings (SSSR count). The minimum absolute atomic E-state index is 0.00523. The summed E-state index contributed by atoms with van der Waals surface area (Å²) in [4.78, 5) is 0. The van der Waals surface area contributed by atoms with Crippen LogP contribution >= 0.6 is 11.6 Å². The molecule has 110 valence electrons. The highest BCUT2D eigenvalue weighted by Crippen LogP contribution is 2.31. The third-order valence-corrected chi connectivity index (χ3v) is 4.29. The lowest BCUT2D eigenvalue weighted by Crippen LogP contribution is -2.29. The van der Waals surface area contributed by atoms with Gasteiger partial charge in [0.15, 0.2) is 5.84 Å². The molecule has 1 aromatic rings. The third kappa shape index (κ3) is 3.37. The van der Waals surface area contributed by atoms with Crippen LogP contribution in [0, 0.1) is 5.92 Å². The molecule has 1 saturated carbocycles. The number of rotatable bonds is 4. The summed E-state index contributed by atoms with van der Waals surface area (Å²) in [7, 11) is 0. The number of halogens is 1. The van der Waals surface area contributed by atoms with E-state index in [2.05, 4.69) is 12.1 Å². The van der Waals surface area contributed by atoms with Crippen molar-refractivity contribution in [3.8, 4) is 5.75 Å². The van der Waals surface area contributed by atoms with E-state index in [4.69, 9.17) is 27.3 Å². The maximum atomic E-state index is 8.68. The molecule has 1 fully saturated rings. The minimum atomic E-state index is 0.00523. The molecule has 0 saturated heterocycles. The van der Waals surface area contributed by atoms with Gasteiger partial charge < -0.3 is 15.7 Å². The SMILES string of the molecule is CCC1CCCCC1Oc1ccc(C(N)=NO)c(Cl)c1. The first kappa shape index (κ1) is 15.0. The van der Waals surface area contributed by atoms with Crippen molar-refractivity contribution in [2.45, 2.75) is 45.1 Å². The molecule has 1 aromatic carbocycles. The highest BCUT2D eigenvalue weighted by atomic mass is 35.5. The van der Waals surface area contributed by atoms with Gasteiger partial charge in [0.05, 0.1) is 5.02 Å². The van der Waals surface area contributed by atoms with Gasteiger partial charge >= 0.3 is 0 Å². The molecule has 20 heavy (non-hydrogen) atoms. The summed E-state index contributed by atoms with van der Waals surface area (Å²) in [5.41, 5.74) is 6.06. The van der Waals surface area contributed by atoms with Crippen LogP contribution in [0.25, 0.3) is 0 Å². The van der Waals surface area contributed by atoms with Crippen molar-refractivity contribution in [2.24, 2.45) is 16.8 Å². The number of oxime groups is 1. The zero-order valence-electron chi connectivity index (χ0n) is 11.7. The predicted octanol–water partition coefficient (Wildman–Crippen LogP) is 3.78. The number of nitrogens with two attached hydrogens (primary N) is 1. The molecule has 0 aliphatic heterocycles. The first-order valence-electron chi connectivity index (χ1n) is 7.09. The van der Waals surface area contributed by atoms with Gasteiger partial charge in [-0.25, -0.2) is 0 Å². The Morgan fingerprint density at radius 2 is 2.20 bits per heavy atom. The molecule has 3 N–H and O–H groups in total. The van der Waals surface area contributed by atoms with E-state index in [0.29, 0.717) is 16.5 Å². The van der Waals surface area contributed by atoms with Crippen LogP contribution in [0.2, 0.25) is 5.02 Å². The molecule has 0 heterocycles. The first-order valence-corrected chi connectivity index (χ1v) is 7.47. The lowest BCUT2D eigenvalue weighted by atomic mass is 9.85. The summed E-state index contributed by atoms with van der Waals surface area (Å²) in [5.74, 6) is 1.37. The Kier molecular flexibility index (Phi) is 5.12. The van der Waals surface area contributed by atoms with E-state index < -0.39 is 0 Å². The van der Waals surface area contributed by atoms with Gasteiger partial charge in [-0.15, -0.1) is 0 Å². The third-order valence-electron chi connectivity index (χ3n) is 3.98. The van der Waals surface area contributed by atoms with E-state index in [1.807, 2.05) is 6.07 Å². The Balaban J connectivity index is 2.12. The van der Waals surface area contributed by atoms with Gasteiger partial charge in [-0.05, 0) is 49.8 Å². The first-order chi connectivity index (χ1) is 9.65. The van der Waals surface area contributed by atoms with Crippen LogP contribution in [0.4, 0.5) is 0 Å². The zero-order valence-corrected chi connectivity index (χ0v) is 12.4. The van der Waals surface area contributed by atoms with Crippen LogP contribution in [0.5, 0.6) is 5.75 Å². The van der Waals surface area contributed by atoms with E-state index in [1.165, 1.54) is 19.3 Å². The highest BCUT2D eigenvalue weighted by Gasteiger charge is 2.25. The predicted molar refractivity (Wildman–Crippen MR) is 80.6 cm³/mol. The molecule has 1 aliphatic carbocycles. The number of nitrogens with zero attached hydrogens (tertiary/aromatic N) is 1. The topological polar surface area (TPSA) is 67.8 Å². The maximum Gasteiger partial charge on any atom is 0.171 e. The Labute approximate surface area is 124 Å². The molecule has 0 aromatic heterocycles. The summed E-state index contributed by atoms with van der Waals surface area (Å²) in [6.45, 7) is 2.21. The Morgan fingerprint density at radius 3 is 2.85 bits per heavy atom. The van der Waals surface area contributed by atoms with E-state index in [-0.39, 0.29) is 11.9 Å². The van der Waals surface area contributed by atoms with Gasteiger partial charge in [0.25, 0.3) is 0 Å². The monoisotopic (exact) mass is 296 g/mol. The van der Waals surface area contributed by atoms with Crippen LogP contribution in [0.1, 0.15) is 44.6 Å². The van der Waals surface area contributed by atoms with Crippen LogP contribution in [0.3, 0.4) is 0 Å². The van der Waals surface area contributed by atoms with Crippen molar-refractivity contribution < 1.29 is 9.94 Å². The van der Waals surface area contributed by atoms with Gasteiger partial charge in [-0.2, -0.15) is 0 Å². The van der Waals surface area contributed by atoms with Crippen molar-refractivity contribution >= 4 is 17.4 Å². The van der Waals surface area contributed by atoms with Crippen molar-refractivity contribution in [3.63, 3.8) is 0 Å². The zero-order chi connectivity index (χ0) is 14.5. The second kappa shape index (κ2) is 6.84. The number of hydrogen-bond donors (Lipinski definition) is 2. The minimum Gasteiger partial charge on any atom is -0.490 e. The van der Waals surface area contributed by atoms with Crippen LogP contribution in [-0.4, -0.2) is 17.1 Å². The van der Waals surface area contributed by atoms with Gasteiger partial charge in [0, 0.05) is 5.56 Å². The molecule has 0 amide bonds. The molecular weight excluding hydrogens is 276 g/mol. The summed E-state index contributed by atoms with van der Waals surface area (Å²) in [6.07, 6.45) is 6.24. The number of amidine groups is 1. The normalized spacial score (nSPS) is 23.6. The molecule has 0 bridgehead atoms. The van der Waals surface area contributed by atoms with Gasteiger partial charge in [-0.1, -0.05) is 30.1 Å². The number of hydrogen-bond acceptors (Lipinski definition) is 3. The smallest absolute Gasteiger partial charge is 0.171 e. The lowest BCUT2D eigenvalue weighted by molar-refractivity contribution is 0.0904. The average molecular weight is 297 g/mol. The van der Waals surface area contributed by atoms with Gasteiger partial charge in [0.1, 0.15) is 11.9 Å². The molecule has 2 atom stereocenters. The average Bonchev–Trinajstić information content (AvgIpc) is 2.47. The number of benzene rings is 1. The quantitative estimate of drug-likeness (QED) is 0.384. The largest absolute Gasteiger partial charge is 0.490 e. The van der Waals surface area contributed by atoms with E-state index in [0.717, 1.165) is 18.6 Å². The lowest BCUT2D eigenvalue weighted by Gasteiger charge is -2.31. The standard InChI is InChI=1S/C15H21ClN2O2/c1-2-10-5-3-4-6-14(10)20-11-7-8-12(13(16)9-11)15(17)18-19/h7-10,14,19H,2-6H2,1H3,(H2,17,18). The molecule has 2 unspecified atom stereocenters. The molecule has 4 nitrogen and oxygen atoms in total. The highest BCUT2D eigenvalue weighted by molar-refractivity contribution is 6.34. The molecular formula is C15H21ClN2O2. The Morgan fingerprint density at radius 1 is 1.45 bits per heavy atom. The summed E-state index contributed by atoms with van der Waals surface area (Å²) < 4.78 is 6.08. The summed E-state index contributed by atoms with van der Waals surface area (Å²) in [5, 5.41) is 12.1. The van der Waals surface area contributed by atoms with E-state index >= 15 is 0 Å².